The van der Waals surface area contributed by atoms with E-state index in [4.69, 9.17) is 33.4 Å². The second kappa shape index (κ2) is 8.63. The number of oxazole rings is 1. The molecule has 0 radical (unpaired) electrons. The maximum absolute atomic E-state index is 13.9. The summed E-state index contributed by atoms with van der Waals surface area (Å²) in [6, 6.07) is 7.36. The maximum Gasteiger partial charge on any atom is 0.248 e. The molecule has 0 aliphatic heterocycles. The molecule has 0 aliphatic rings. The lowest BCUT2D eigenvalue weighted by Crippen LogP contribution is -2.16. The van der Waals surface area contributed by atoms with Crippen LogP contribution in [0.1, 0.15) is 28.2 Å². The van der Waals surface area contributed by atoms with Gasteiger partial charge in [0.25, 0.3) is 0 Å². The highest BCUT2D eigenvalue weighted by atomic mass is 35.5. The van der Waals surface area contributed by atoms with Crippen LogP contribution in [0, 0.1) is 12.7 Å². The Bertz CT molecular complexity index is 1100. The highest BCUT2D eigenvalue weighted by molar-refractivity contribution is 6.36. The number of amides is 2. The number of benzene rings is 2. The molecule has 3 aromatic rings. The molecule has 0 saturated carbocycles. The van der Waals surface area contributed by atoms with Gasteiger partial charge in [0.2, 0.25) is 11.8 Å². The van der Waals surface area contributed by atoms with E-state index in [-0.39, 0.29) is 29.7 Å². The van der Waals surface area contributed by atoms with Crippen molar-refractivity contribution in [3.8, 4) is 11.3 Å². The second-order valence-corrected chi connectivity index (χ2v) is 7.13. The van der Waals surface area contributed by atoms with Gasteiger partial charge in [-0.15, -0.1) is 0 Å². The molecule has 3 rings (SSSR count). The number of rotatable bonds is 6. The Hall–Kier alpha value is -2.90. The summed E-state index contributed by atoms with van der Waals surface area (Å²) in [6.07, 6.45) is 1.77. The number of nitrogens with one attached hydrogen (secondary N) is 1. The number of hydrogen-bond acceptors (Lipinski definition) is 4. The third-order valence-corrected chi connectivity index (χ3v) is 4.77. The Labute approximate surface area is 175 Å². The number of nitrogens with zero attached hydrogens (tertiary/aromatic N) is 1. The fourth-order valence-electron chi connectivity index (χ4n) is 2.62. The van der Waals surface area contributed by atoms with E-state index < -0.39 is 17.6 Å². The summed E-state index contributed by atoms with van der Waals surface area (Å²) in [4.78, 5) is 27.7. The van der Waals surface area contributed by atoms with Crippen molar-refractivity contribution in [1.29, 1.82) is 0 Å². The zero-order valence-corrected chi connectivity index (χ0v) is 16.8. The number of carbonyl (C=O) groups is 2. The maximum atomic E-state index is 13.9. The Balaban J connectivity index is 1.66. The largest absolute Gasteiger partial charge is 0.441 e. The van der Waals surface area contributed by atoms with Crippen LogP contribution in [0.4, 0.5) is 10.1 Å². The molecule has 2 amide bonds. The minimum atomic E-state index is -0.785. The normalized spacial score (nSPS) is 10.8. The molecule has 3 N–H and O–H groups in total. The lowest BCUT2D eigenvalue weighted by Gasteiger charge is -2.10. The number of halogens is 3. The predicted molar refractivity (Wildman–Crippen MR) is 109 cm³/mol. The number of nitrogens with two attached hydrogens (primary N) is 1. The molecule has 0 aliphatic carbocycles. The first kappa shape index (κ1) is 20.8. The van der Waals surface area contributed by atoms with Gasteiger partial charge in [0.05, 0.1) is 11.2 Å². The zero-order valence-electron chi connectivity index (χ0n) is 15.3. The van der Waals surface area contributed by atoms with Crippen LogP contribution >= 0.6 is 23.2 Å². The van der Waals surface area contributed by atoms with E-state index in [0.29, 0.717) is 27.3 Å². The standard InChI is InChI=1S/C20H16Cl2FN3O3/c1-10-15(23)6-11(20(24)28)7-16(10)26-18(27)4-5-19-25-9-17(29-19)13-3-2-12(21)8-14(13)22/h2-3,6-9H,4-5H2,1H3,(H2,24,28)(H,26,27). The van der Waals surface area contributed by atoms with Crippen molar-refractivity contribution in [3.63, 3.8) is 0 Å². The molecule has 1 heterocycles. The fourth-order valence-corrected chi connectivity index (χ4v) is 3.13. The van der Waals surface area contributed by atoms with Crippen molar-refractivity contribution in [2.75, 3.05) is 5.32 Å². The molecule has 2 aromatic carbocycles. The molecule has 29 heavy (non-hydrogen) atoms. The van der Waals surface area contributed by atoms with Gasteiger partial charge in [-0.25, -0.2) is 9.37 Å². The van der Waals surface area contributed by atoms with E-state index >= 15 is 0 Å². The number of aryl methyl sites for hydroxylation is 1. The molecule has 0 bridgehead atoms. The van der Waals surface area contributed by atoms with Crippen molar-refractivity contribution in [2.24, 2.45) is 5.73 Å². The van der Waals surface area contributed by atoms with E-state index in [2.05, 4.69) is 10.3 Å². The molecule has 0 saturated heterocycles. The van der Waals surface area contributed by atoms with Gasteiger partial charge < -0.3 is 15.5 Å². The Morgan fingerprint density at radius 1 is 1.24 bits per heavy atom. The summed E-state index contributed by atoms with van der Waals surface area (Å²) in [5.41, 5.74) is 6.18. The molecule has 0 unspecified atom stereocenters. The summed E-state index contributed by atoms with van der Waals surface area (Å²) in [6.45, 7) is 1.49. The number of anilines is 1. The molecular formula is C20H16Cl2FN3O3. The Morgan fingerprint density at radius 2 is 2.00 bits per heavy atom. The van der Waals surface area contributed by atoms with Gasteiger partial charge in [0.1, 0.15) is 5.82 Å². The lowest BCUT2D eigenvalue weighted by molar-refractivity contribution is -0.116. The van der Waals surface area contributed by atoms with Crippen molar-refractivity contribution in [3.05, 3.63) is 69.4 Å². The van der Waals surface area contributed by atoms with Crippen LogP contribution in [0.3, 0.4) is 0 Å². The van der Waals surface area contributed by atoms with Crippen molar-refractivity contribution in [2.45, 2.75) is 19.8 Å². The molecule has 0 spiro atoms. The van der Waals surface area contributed by atoms with E-state index in [1.54, 1.807) is 18.2 Å². The molecule has 150 valence electrons. The number of hydrogen-bond donors (Lipinski definition) is 2. The van der Waals surface area contributed by atoms with Crippen LogP contribution in [0.5, 0.6) is 0 Å². The second-order valence-electron chi connectivity index (χ2n) is 6.29. The predicted octanol–water partition coefficient (Wildman–Crippen LogP) is 4.77. The highest BCUT2D eigenvalue weighted by Gasteiger charge is 2.15. The van der Waals surface area contributed by atoms with E-state index in [9.17, 15) is 14.0 Å². The first-order valence-electron chi connectivity index (χ1n) is 8.54. The number of primary amides is 1. The molecular weight excluding hydrogens is 420 g/mol. The molecule has 1 aromatic heterocycles. The van der Waals surface area contributed by atoms with Gasteiger partial charge in [-0.05, 0) is 37.3 Å². The summed E-state index contributed by atoms with van der Waals surface area (Å²) in [5.74, 6) is -1.01. The average molecular weight is 436 g/mol. The summed E-state index contributed by atoms with van der Waals surface area (Å²) < 4.78 is 19.6. The van der Waals surface area contributed by atoms with Crippen molar-refractivity contribution < 1.29 is 18.4 Å². The van der Waals surface area contributed by atoms with Gasteiger partial charge in [-0.1, -0.05) is 23.2 Å². The third-order valence-electron chi connectivity index (χ3n) is 4.22. The SMILES string of the molecule is Cc1c(F)cc(C(N)=O)cc1NC(=O)CCc1ncc(-c2ccc(Cl)cc2Cl)o1. The van der Waals surface area contributed by atoms with Crippen molar-refractivity contribution in [1.82, 2.24) is 4.98 Å². The van der Waals surface area contributed by atoms with E-state index in [1.165, 1.54) is 19.2 Å². The van der Waals surface area contributed by atoms with Crippen LogP contribution in [-0.4, -0.2) is 16.8 Å². The summed E-state index contributed by atoms with van der Waals surface area (Å²) in [5, 5.41) is 3.50. The van der Waals surface area contributed by atoms with E-state index in [0.717, 1.165) is 6.07 Å². The quantitative estimate of drug-likeness (QED) is 0.582. The topological polar surface area (TPSA) is 98.2 Å². The highest BCUT2D eigenvalue weighted by Crippen LogP contribution is 2.31. The lowest BCUT2D eigenvalue weighted by atomic mass is 10.1. The van der Waals surface area contributed by atoms with E-state index in [1.807, 2.05) is 0 Å². The number of carbonyl (C=O) groups excluding carboxylic acids is 2. The first-order valence-corrected chi connectivity index (χ1v) is 9.30. The monoisotopic (exact) mass is 435 g/mol. The Morgan fingerprint density at radius 3 is 2.69 bits per heavy atom. The third kappa shape index (κ3) is 4.93. The zero-order chi connectivity index (χ0) is 21.1. The number of aromatic nitrogens is 1. The summed E-state index contributed by atoms with van der Waals surface area (Å²) in [7, 11) is 0. The fraction of sp³-hybridized carbons (Fsp3) is 0.150. The van der Waals surface area contributed by atoms with Gasteiger partial charge >= 0.3 is 0 Å². The van der Waals surface area contributed by atoms with Crippen LogP contribution in [0.15, 0.2) is 40.9 Å². The van der Waals surface area contributed by atoms with Gasteiger partial charge in [-0.3, -0.25) is 9.59 Å². The van der Waals surface area contributed by atoms with Crippen LogP contribution in [0.2, 0.25) is 10.0 Å². The molecule has 9 heteroatoms. The smallest absolute Gasteiger partial charge is 0.248 e. The van der Waals surface area contributed by atoms with Gasteiger partial charge in [0.15, 0.2) is 11.7 Å². The summed E-state index contributed by atoms with van der Waals surface area (Å²) >= 11 is 12.0. The van der Waals surface area contributed by atoms with Crippen LogP contribution in [-0.2, 0) is 11.2 Å². The van der Waals surface area contributed by atoms with Gasteiger partial charge in [-0.2, -0.15) is 0 Å². The first-order chi connectivity index (χ1) is 13.7. The Kier molecular flexibility index (Phi) is 6.20. The molecule has 0 fully saturated rings. The van der Waals surface area contributed by atoms with Crippen LogP contribution in [0.25, 0.3) is 11.3 Å². The minimum Gasteiger partial charge on any atom is -0.441 e. The average Bonchev–Trinajstić information content (AvgIpc) is 3.12. The molecule has 6 nitrogen and oxygen atoms in total. The minimum absolute atomic E-state index is 0.0272. The van der Waals surface area contributed by atoms with Crippen molar-refractivity contribution >= 4 is 40.7 Å². The van der Waals surface area contributed by atoms with Crippen LogP contribution < -0.4 is 11.1 Å². The van der Waals surface area contributed by atoms with Gasteiger partial charge in [0, 0.05) is 40.2 Å². The molecule has 0 atom stereocenters.